The van der Waals surface area contributed by atoms with Gasteiger partial charge in [-0.25, -0.2) is 18.0 Å². The van der Waals surface area contributed by atoms with E-state index in [4.69, 9.17) is 5.11 Å². The molecule has 0 aliphatic carbocycles. The highest BCUT2D eigenvalue weighted by Crippen LogP contribution is 2.10. The summed E-state index contributed by atoms with van der Waals surface area (Å²) in [5.41, 5.74) is -2.31. The Morgan fingerprint density at radius 2 is 2.05 bits per heavy atom. The second-order valence-corrected chi connectivity index (χ2v) is 5.16. The van der Waals surface area contributed by atoms with Gasteiger partial charge >= 0.3 is 11.7 Å². The predicted molar refractivity (Wildman–Crippen MR) is 64.0 cm³/mol. The Labute approximate surface area is 109 Å². The van der Waals surface area contributed by atoms with E-state index in [1.165, 1.54) is 0 Å². The highest BCUT2D eigenvalue weighted by atomic mass is 32.2. The maximum Gasteiger partial charge on any atom is 0.353 e. The minimum Gasteiger partial charge on any atom is -0.477 e. The average molecular weight is 301 g/mol. The predicted octanol–water partition coefficient (Wildman–Crippen LogP) is -1.71. The number of aromatic carboxylic acids is 1. The van der Waals surface area contributed by atoms with Gasteiger partial charge in [-0.15, -0.1) is 0 Å². The van der Waals surface area contributed by atoms with Gasteiger partial charge < -0.3 is 10.1 Å². The van der Waals surface area contributed by atoms with E-state index >= 15 is 0 Å². The van der Waals surface area contributed by atoms with Crippen LogP contribution in [0.2, 0.25) is 0 Å². The lowest BCUT2D eigenvalue weighted by molar-refractivity contribution is 0.0690. The van der Waals surface area contributed by atoms with Crippen molar-refractivity contribution in [3.63, 3.8) is 0 Å². The molecule has 0 saturated heterocycles. The summed E-state index contributed by atoms with van der Waals surface area (Å²) in [6.45, 7) is 0. The lowest BCUT2D eigenvalue weighted by atomic mass is 10.4. The molecular formula is C8H7N5O6S. The fourth-order valence-corrected chi connectivity index (χ4v) is 2.27. The molecule has 0 amide bonds. The number of anilines is 1. The lowest BCUT2D eigenvalue weighted by Crippen LogP contribution is -2.29. The van der Waals surface area contributed by atoms with Gasteiger partial charge in [-0.3, -0.25) is 19.6 Å². The molecule has 20 heavy (non-hydrogen) atoms. The van der Waals surface area contributed by atoms with E-state index in [1.807, 2.05) is 9.71 Å². The molecule has 0 aliphatic rings. The Morgan fingerprint density at radius 1 is 1.35 bits per heavy atom. The zero-order valence-electron chi connectivity index (χ0n) is 9.50. The van der Waals surface area contributed by atoms with Crippen LogP contribution < -0.4 is 16.0 Å². The molecule has 0 radical (unpaired) electrons. The van der Waals surface area contributed by atoms with Gasteiger partial charge in [0, 0.05) is 12.3 Å². The fraction of sp³-hybridized carbons (Fsp3) is 0. The molecule has 0 saturated carbocycles. The van der Waals surface area contributed by atoms with Crippen LogP contribution in [0.25, 0.3) is 0 Å². The molecule has 2 heterocycles. The van der Waals surface area contributed by atoms with Gasteiger partial charge in [0.15, 0.2) is 10.7 Å². The molecule has 2 aromatic rings. The zero-order chi connectivity index (χ0) is 14.9. The quantitative estimate of drug-likeness (QED) is 0.445. The van der Waals surface area contributed by atoms with Crippen molar-refractivity contribution in [1.82, 2.24) is 20.2 Å². The summed E-state index contributed by atoms with van der Waals surface area (Å²) in [5, 5.41) is 14.1. The SMILES string of the molecule is O=C(O)c1cc(NS(=O)(=O)c2c[nH]c(=O)[nH]c2=O)n[nH]1. The van der Waals surface area contributed by atoms with Crippen molar-refractivity contribution in [1.29, 1.82) is 0 Å². The number of hydrogen-bond donors (Lipinski definition) is 5. The molecule has 0 atom stereocenters. The number of H-pyrrole nitrogens is 3. The van der Waals surface area contributed by atoms with Crippen molar-refractivity contribution in [3.05, 3.63) is 38.8 Å². The largest absolute Gasteiger partial charge is 0.477 e. The molecule has 0 aliphatic heterocycles. The molecular weight excluding hydrogens is 294 g/mol. The Kier molecular flexibility index (Phi) is 3.15. The van der Waals surface area contributed by atoms with E-state index in [0.717, 1.165) is 6.07 Å². The molecule has 0 fully saturated rings. The van der Waals surface area contributed by atoms with E-state index in [2.05, 4.69) is 10.2 Å². The van der Waals surface area contributed by atoms with Crippen LogP contribution in [0.4, 0.5) is 5.82 Å². The maximum atomic E-state index is 11.9. The van der Waals surface area contributed by atoms with Gasteiger partial charge in [0.25, 0.3) is 15.6 Å². The smallest absolute Gasteiger partial charge is 0.353 e. The van der Waals surface area contributed by atoms with Crippen molar-refractivity contribution < 1.29 is 18.3 Å². The standard InChI is InChI=1S/C8H7N5O6S/c14-6-4(2-9-8(17)10-6)20(18,19)13-5-1-3(7(15)16)11-12-5/h1-2H,(H,15,16)(H2,11,12,13)(H2,9,10,14,17). The van der Waals surface area contributed by atoms with Gasteiger partial charge in [-0.2, -0.15) is 5.10 Å². The van der Waals surface area contributed by atoms with Crippen molar-refractivity contribution in [2.24, 2.45) is 0 Å². The number of aromatic nitrogens is 4. The normalized spacial score (nSPS) is 11.2. The highest BCUT2D eigenvalue weighted by molar-refractivity contribution is 7.92. The number of sulfonamides is 1. The molecule has 0 bridgehead atoms. The first kappa shape index (κ1) is 13.5. The third-order valence-electron chi connectivity index (χ3n) is 2.12. The first-order valence-corrected chi connectivity index (χ1v) is 6.41. The average Bonchev–Trinajstić information content (AvgIpc) is 2.76. The molecule has 106 valence electrons. The first-order valence-electron chi connectivity index (χ1n) is 4.93. The molecule has 12 heteroatoms. The number of nitrogens with one attached hydrogen (secondary N) is 4. The number of carboxylic acids is 1. The summed E-state index contributed by atoms with van der Waals surface area (Å²) in [5.74, 6) is -1.64. The Bertz CT molecular complexity index is 875. The van der Waals surface area contributed by atoms with Crippen LogP contribution >= 0.6 is 0 Å². The number of aromatic amines is 3. The number of nitrogens with zero attached hydrogens (tertiary/aromatic N) is 1. The molecule has 0 aromatic carbocycles. The number of carboxylic acid groups (broad SMARTS) is 1. The molecule has 0 spiro atoms. The molecule has 2 aromatic heterocycles. The third kappa shape index (κ3) is 2.59. The Balaban J connectivity index is 2.38. The van der Waals surface area contributed by atoms with Gasteiger partial charge in [-0.05, 0) is 0 Å². The van der Waals surface area contributed by atoms with E-state index in [1.54, 1.807) is 4.98 Å². The van der Waals surface area contributed by atoms with E-state index in [0.29, 0.717) is 6.20 Å². The second-order valence-electron chi connectivity index (χ2n) is 3.51. The van der Waals surface area contributed by atoms with E-state index < -0.39 is 32.1 Å². The van der Waals surface area contributed by atoms with Gasteiger partial charge in [0.05, 0.1) is 0 Å². The zero-order valence-corrected chi connectivity index (χ0v) is 10.3. The molecule has 2 rings (SSSR count). The van der Waals surface area contributed by atoms with Gasteiger partial charge in [-0.1, -0.05) is 0 Å². The van der Waals surface area contributed by atoms with Crippen molar-refractivity contribution in [2.45, 2.75) is 4.90 Å². The summed E-state index contributed by atoms with van der Waals surface area (Å²) in [6, 6.07) is 0.930. The minimum atomic E-state index is -4.31. The lowest BCUT2D eigenvalue weighted by Gasteiger charge is -2.02. The number of rotatable bonds is 4. The van der Waals surface area contributed by atoms with E-state index in [-0.39, 0.29) is 11.5 Å². The number of carbonyl (C=O) groups is 1. The monoisotopic (exact) mass is 301 g/mol. The van der Waals surface area contributed by atoms with Crippen molar-refractivity contribution in [2.75, 3.05) is 4.72 Å². The van der Waals surface area contributed by atoms with E-state index in [9.17, 15) is 22.8 Å². The van der Waals surface area contributed by atoms with Crippen LogP contribution in [0.15, 0.2) is 26.7 Å². The van der Waals surface area contributed by atoms with Crippen LogP contribution in [-0.4, -0.2) is 39.7 Å². The van der Waals surface area contributed by atoms with Crippen LogP contribution in [0.1, 0.15) is 10.5 Å². The molecule has 0 unspecified atom stereocenters. The van der Waals surface area contributed by atoms with Crippen molar-refractivity contribution >= 4 is 21.8 Å². The highest BCUT2D eigenvalue weighted by Gasteiger charge is 2.20. The topological polar surface area (TPSA) is 178 Å². The van der Waals surface area contributed by atoms with Crippen LogP contribution in [0.3, 0.4) is 0 Å². The third-order valence-corrected chi connectivity index (χ3v) is 3.48. The molecule has 5 N–H and O–H groups in total. The minimum absolute atomic E-state index is 0.312. The van der Waals surface area contributed by atoms with Crippen molar-refractivity contribution in [3.8, 4) is 0 Å². The summed E-state index contributed by atoms with van der Waals surface area (Å²) < 4.78 is 25.6. The van der Waals surface area contributed by atoms with Crippen LogP contribution in [-0.2, 0) is 10.0 Å². The van der Waals surface area contributed by atoms with Gasteiger partial charge in [0.1, 0.15) is 5.69 Å². The Hall–Kier alpha value is -2.89. The van der Waals surface area contributed by atoms with Crippen LogP contribution in [0.5, 0.6) is 0 Å². The molecule has 11 nitrogen and oxygen atoms in total. The Morgan fingerprint density at radius 3 is 2.60 bits per heavy atom. The van der Waals surface area contributed by atoms with Gasteiger partial charge in [0.2, 0.25) is 0 Å². The summed E-state index contributed by atoms with van der Waals surface area (Å²) in [6.07, 6.45) is 0.717. The number of hydrogen-bond acceptors (Lipinski definition) is 6. The second kappa shape index (κ2) is 4.65. The summed E-state index contributed by atoms with van der Waals surface area (Å²) >= 11 is 0. The summed E-state index contributed by atoms with van der Waals surface area (Å²) in [4.78, 5) is 35.8. The maximum absolute atomic E-state index is 11.9. The van der Waals surface area contributed by atoms with Crippen LogP contribution in [0, 0.1) is 0 Å². The summed E-state index contributed by atoms with van der Waals surface area (Å²) in [7, 11) is -4.31. The first-order chi connectivity index (χ1) is 9.29. The fourth-order valence-electron chi connectivity index (χ4n) is 1.27.